The van der Waals surface area contributed by atoms with Gasteiger partial charge in [-0.1, -0.05) is 64.2 Å². The van der Waals surface area contributed by atoms with Gasteiger partial charge >= 0.3 is 0 Å². The molecule has 0 fully saturated rings. The summed E-state index contributed by atoms with van der Waals surface area (Å²) in [6.45, 7) is 8.15. The fourth-order valence-corrected chi connectivity index (χ4v) is 3.52. The Morgan fingerprint density at radius 3 is 1.32 bits per heavy atom. The molecule has 0 radical (unpaired) electrons. The summed E-state index contributed by atoms with van der Waals surface area (Å²) in [5.74, 6) is 0.171. The van der Waals surface area contributed by atoms with Crippen molar-refractivity contribution in [3.63, 3.8) is 0 Å². The lowest BCUT2D eigenvalue weighted by Gasteiger charge is -2.30. The second-order valence-electron chi connectivity index (χ2n) is 6.64. The first-order chi connectivity index (χ1) is 10.4. The SMILES string of the molecule is CCC(O)(CC)C1C=CC(C2=CC(C(O)(CC)CC)C=C2)=C1. The minimum atomic E-state index is -0.645. The molecule has 2 unspecified atom stereocenters. The monoisotopic (exact) mass is 302 g/mol. The van der Waals surface area contributed by atoms with Crippen molar-refractivity contribution in [2.24, 2.45) is 11.8 Å². The van der Waals surface area contributed by atoms with Crippen molar-refractivity contribution >= 4 is 0 Å². The van der Waals surface area contributed by atoms with Crippen LogP contribution >= 0.6 is 0 Å². The first-order valence-electron chi connectivity index (χ1n) is 8.67. The highest BCUT2D eigenvalue weighted by atomic mass is 16.3. The average Bonchev–Trinajstić information content (AvgIpc) is 3.22. The molecule has 0 aliphatic heterocycles. The van der Waals surface area contributed by atoms with Crippen molar-refractivity contribution in [3.05, 3.63) is 47.6 Å². The Kier molecular flexibility index (Phi) is 5.14. The van der Waals surface area contributed by atoms with E-state index in [-0.39, 0.29) is 11.8 Å². The Hall–Kier alpha value is -1.12. The molecule has 2 rings (SSSR count). The van der Waals surface area contributed by atoms with Gasteiger partial charge in [-0.15, -0.1) is 0 Å². The van der Waals surface area contributed by atoms with Crippen LogP contribution in [0.15, 0.2) is 47.6 Å². The Balaban J connectivity index is 2.19. The molecule has 0 aromatic rings. The molecule has 122 valence electrons. The summed E-state index contributed by atoms with van der Waals surface area (Å²) in [6.07, 6.45) is 15.8. The molecule has 2 nitrogen and oxygen atoms in total. The van der Waals surface area contributed by atoms with Crippen molar-refractivity contribution in [3.8, 4) is 0 Å². The third kappa shape index (κ3) is 3.00. The summed E-state index contributed by atoms with van der Waals surface area (Å²) >= 11 is 0. The molecule has 2 aliphatic carbocycles. The van der Waals surface area contributed by atoms with Crippen LogP contribution in [-0.2, 0) is 0 Å². The van der Waals surface area contributed by atoms with Crippen LogP contribution in [0.2, 0.25) is 0 Å². The smallest absolute Gasteiger partial charge is 0.0739 e. The molecule has 2 heteroatoms. The minimum absolute atomic E-state index is 0.0853. The molecule has 2 atom stereocenters. The zero-order valence-electron chi connectivity index (χ0n) is 14.3. The van der Waals surface area contributed by atoms with Gasteiger partial charge in [0.15, 0.2) is 0 Å². The van der Waals surface area contributed by atoms with Crippen LogP contribution in [0.3, 0.4) is 0 Å². The van der Waals surface area contributed by atoms with Gasteiger partial charge in [0.2, 0.25) is 0 Å². The molecule has 0 spiro atoms. The van der Waals surface area contributed by atoms with Gasteiger partial charge in [0.25, 0.3) is 0 Å². The third-order valence-corrected chi connectivity index (χ3v) is 5.71. The van der Waals surface area contributed by atoms with Crippen LogP contribution in [0.1, 0.15) is 53.4 Å². The van der Waals surface area contributed by atoms with Gasteiger partial charge in [-0.3, -0.25) is 0 Å². The zero-order valence-corrected chi connectivity index (χ0v) is 14.3. The van der Waals surface area contributed by atoms with Crippen molar-refractivity contribution < 1.29 is 10.2 Å². The van der Waals surface area contributed by atoms with E-state index < -0.39 is 11.2 Å². The lowest BCUT2D eigenvalue weighted by molar-refractivity contribution is 0.00780. The molecule has 0 bridgehead atoms. The van der Waals surface area contributed by atoms with E-state index in [0.29, 0.717) is 0 Å². The van der Waals surface area contributed by atoms with Crippen molar-refractivity contribution in [2.75, 3.05) is 0 Å². The van der Waals surface area contributed by atoms with E-state index in [1.807, 2.05) is 27.7 Å². The summed E-state index contributed by atoms with van der Waals surface area (Å²) in [4.78, 5) is 0. The molecule has 22 heavy (non-hydrogen) atoms. The normalized spacial score (nSPS) is 24.8. The third-order valence-electron chi connectivity index (χ3n) is 5.71. The first kappa shape index (κ1) is 17.2. The number of hydrogen-bond donors (Lipinski definition) is 2. The summed E-state index contributed by atoms with van der Waals surface area (Å²) in [5.41, 5.74) is 1.04. The molecule has 0 saturated heterocycles. The molecule has 0 aromatic carbocycles. The summed E-state index contributed by atoms with van der Waals surface area (Å²) in [6, 6.07) is 0. The molecular formula is C20H30O2. The van der Waals surface area contributed by atoms with Gasteiger partial charge in [-0.25, -0.2) is 0 Å². The fourth-order valence-electron chi connectivity index (χ4n) is 3.52. The Bertz CT molecular complexity index is 466. The second kappa shape index (κ2) is 6.55. The van der Waals surface area contributed by atoms with Gasteiger partial charge in [0, 0.05) is 11.8 Å². The lowest BCUT2D eigenvalue weighted by atomic mass is 9.83. The average molecular weight is 302 g/mol. The van der Waals surface area contributed by atoms with Crippen molar-refractivity contribution in [1.29, 1.82) is 0 Å². The van der Waals surface area contributed by atoms with Crippen LogP contribution in [0.5, 0.6) is 0 Å². The molecule has 0 heterocycles. The van der Waals surface area contributed by atoms with Crippen molar-refractivity contribution in [2.45, 2.75) is 64.6 Å². The predicted octanol–water partition coefficient (Wildman–Crippen LogP) is 4.31. The van der Waals surface area contributed by atoms with Gasteiger partial charge in [-0.05, 0) is 36.8 Å². The molecule has 2 aliphatic rings. The van der Waals surface area contributed by atoms with Gasteiger partial charge in [0.05, 0.1) is 11.2 Å². The highest BCUT2D eigenvalue weighted by Gasteiger charge is 2.35. The van der Waals surface area contributed by atoms with Crippen LogP contribution in [0, 0.1) is 11.8 Å². The van der Waals surface area contributed by atoms with E-state index in [2.05, 4.69) is 36.5 Å². The molecule has 0 amide bonds. The Labute approximate surface area is 134 Å². The predicted molar refractivity (Wildman–Crippen MR) is 92.5 cm³/mol. The first-order valence-corrected chi connectivity index (χ1v) is 8.67. The number of allylic oxidation sites excluding steroid dienone is 4. The number of hydrogen-bond acceptors (Lipinski definition) is 2. The summed E-state index contributed by atoms with van der Waals surface area (Å²) in [7, 11) is 0. The largest absolute Gasteiger partial charge is 0.389 e. The maximum atomic E-state index is 10.7. The van der Waals surface area contributed by atoms with E-state index in [9.17, 15) is 10.2 Å². The molecule has 0 saturated carbocycles. The van der Waals surface area contributed by atoms with E-state index >= 15 is 0 Å². The Morgan fingerprint density at radius 1 is 0.727 bits per heavy atom. The number of aliphatic hydroxyl groups is 2. The van der Waals surface area contributed by atoms with Crippen LogP contribution in [0.25, 0.3) is 0 Å². The molecular weight excluding hydrogens is 272 g/mol. The minimum Gasteiger partial charge on any atom is -0.389 e. The maximum Gasteiger partial charge on any atom is 0.0739 e. The van der Waals surface area contributed by atoms with Gasteiger partial charge in [-0.2, -0.15) is 0 Å². The van der Waals surface area contributed by atoms with E-state index in [0.717, 1.165) is 25.7 Å². The summed E-state index contributed by atoms with van der Waals surface area (Å²) < 4.78 is 0. The number of rotatable bonds is 7. The van der Waals surface area contributed by atoms with Crippen LogP contribution in [0.4, 0.5) is 0 Å². The fraction of sp³-hybridized carbons (Fsp3) is 0.600. The zero-order chi connectivity index (χ0) is 16.4. The highest BCUT2D eigenvalue weighted by molar-refractivity contribution is 5.54. The van der Waals surface area contributed by atoms with Crippen molar-refractivity contribution in [1.82, 2.24) is 0 Å². The Morgan fingerprint density at radius 2 is 1.05 bits per heavy atom. The van der Waals surface area contributed by atoms with Crippen LogP contribution in [-0.4, -0.2) is 21.4 Å². The maximum absolute atomic E-state index is 10.7. The quantitative estimate of drug-likeness (QED) is 0.735. The summed E-state index contributed by atoms with van der Waals surface area (Å²) in [5, 5.41) is 21.3. The van der Waals surface area contributed by atoms with E-state index in [4.69, 9.17) is 0 Å². The highest BCUT2D eigenvalue weighted by Crippen LogP contribution is 2.38. The topological polar surface area (TPSA) is 40.5 Å². The van der Waals surface area contributed by atoms with Gasteiger partial charge in [0.1, 0.15) is 0 Å². The standard InChI is InChI=1S/C20H30O2/c1-5-19(21,6-2)17-11-9-15(13-17)16-10-12-18(14-16)20(22,7-3)8-4/h9-14,17-18,21-22H,5-8H2,1-4H3. The second-order valence-corrected chi connectivity index (χ2v) is 6.64. The van der Waals surface area contributed by atoms with Crippen LogP contribution < -0.4 is 0 Å². The lowest BCUT2D eigenvalue weighted by Crippen LogP contribution is -2.34. The van der Waals surface area contributed by atoms with E-state index in [1.165, 1.54) is 11.1 Å². The molecule has 0 aromatic heterocycles. The van der Waals surface area contributed by atoms with E-state index in [1.54, 1.807) is 0 Å². The van der Waals surface area contributed by atoms with Gasteiger partial charge < -0.3 is 10.2 Å². The molecule has 2 N–H and O–H groups in total.